The Morgan fingerprint density at radius 3 is 2.58 bits per heavy atom. The molecule has 2 amide bonds. The van der Waals surface area contributed by atoms with Gasteiger partial charge in [0.2, 0.25) is 5.75 Å². The molecular formula is C20H24FN5O5. The molecule has 1 unspecified atom stereocenters. The lowest BCUT2D eigenvalue weighted by Gasteiger charge is -2.37. The Kier molecular flexibility index (Phi) is 6.54. The molecule has 1 atom stereocenters. The molecule has 0 saturated heterocycles. The van der Waals surface area contributed by atoms with E-state index in [0.717, 1.165) is 0 Å². The number of carbonyl (C=O) groups is 2. The largest absolute Gasteiger partial charge is 0.501 e. The molecule has 1 aliphatic rings. The van der Waals surface area contributed by atoms with Crippen LogP contribution in [0.5, 0.6) is 5.75 Å². The van der Waals surface area contributed by atoms with Gasteiger partial charge in [0, 0.05) is 26.2 Å². The summed E-state index contributed by atoms with van der Waals surface area (Å²) < 4.78 is 19.1. The van der Waals surface area contributed by atoms with Crippen LogP contribution in [0, 0.1) is 5.82 Å². The summed E-state index contributed by atoms with van der Waals surface area (Å²) in [6, 6.07) is 4.87. The molecule has 2 heterocycles. The van der Waals surface area contributed by atoms with Crippen molar-refractivity contribution in [1.29, 1.82) is 0 Å². The lowest BCUT2D eigenvalue weighted by Crippen LogP contribution is -2.49. The topological polar surface area (TPSA) is 117 Å². The summed E-state index contributed by atoms with van der Waals surface area (Å²) in [4.78, 5) is 45.1. The van der Waals surface area contributed by atoms with Crippen LogP contribution in [0.25, 0.3) is 0 Å². The van der Waals surface area contributed by atoms with E-state index in [1.165, 1.54) is 40.8 Å². The summed E-state index contributed by atoms with van der Waals surface area (Å²) in [5.74, 6) is -1.75. The van der Waals surface area contributed by atoms with Crippen molar-refractivity contribution >= 4 is 12.0 Å². The number of likely N-dealkylation sites (N-methyl/N-ethyl adjacent to an activating group) is 1. The van der Waals surface area contributed by atoms with Gasteiger partial charge in [-0.25, -0.2) is 14.2 Å². The first-order chi connectivity index (χ1) is 14.7. The normalized spacial score (nSPS) is 15.5. The van der Waals surface area contributed by atoms with E-state index in [1.807, 2.05) is 4.90 Å². The van der Waals surface area contributed by atoms with Gasteiger partial charge in [-0.3, -0.25) is 19.1 Å². The molecule has 1 aromatic carbocycles. The van der Waals surface area contributed by atoms with E-state index < -0.39 is 40.9 Å². The van der Waals surface area contributed by atoms with Crippen LogP contribution in [-0.2, 0) is 17.8 Å². The molecule has 0 aliphatic carbocycles. The third kappa shape index (κ3) is 4.66. The van der Waals surface area contributed by atoms with Gasteiger partial charge in [-0.15, -0.1) is 0 Å². The van der Waals surface area contributed by atoms with E-state index in [0.29, 0.717) is 12.1 Å². The average Bonchev–Trinajstić information content (AvgIpc) is 2.75. The van der Waals surface area contributed by atoms with E-state index in [1.54, 1.807) is 14.1 Å². The van der Waals surface area contributed by atoms with Gasteiger partial charge in [0.15, 0.2) is 5.69 Å². The molecule has 0 saturated carbocycles. The monoisotopic (exact) mass is 433 g/mol. The number of hydrogen-bond acceptors (Lipinski definition) is 7. The van der Waals surface area contributed by atoms with E-state index >= 15 is 0 Å². The number of aromatic hydroxyl groups is 1. The number of aromatic nitrogens is 2. The van der Waals surface area contributed by atoms with E-state index in [-0.39, 0.29) is 25.5 Å². The second-order valence-corrected chi connectivity index (χ2v) is 7.37. The maximum atomic E-state index is 13.0. The molecule has 11 heteroatoms. The zero-order chi connectivity index (χ0) is 22.7. The van der Waals surface area contributed by atoms with Crippen LogP contribution in [0.4, 0.5) is 9.18 Å². The summed E-state index contributed by atoms with van der Waals surface area (Å²) in [7, 11) is 4.85. The van der Waals surface area contributed by atoms with Crippen LogP contribution >= 0.6 is 0 Å². The molecule has 0 fully saturated rings. The highest BCUT2D eigenvalue weighted by atomic mass is 19.1. The molecule has 2 aromatic rings. The highest BCUT2D eigenvalue weighted by molar-refractivity contribution is 5.94. The second kappa shape index (κ2) is 9.13. The van der Waals surface area contributed by atoms with Crippen LogP contribution in [0.3, 0.4) is 0 Å². The predicted octanol–water partition coefficient (Wildman–Crippen LogP) is 0.703. The van der Waals surface area contributed by atoms with Crippen LogP contribution < -0.4 is 10.9 Å². The smallest absolute Gasteiger partial charge is 0.410 e. The number of methoxy groups -OCH3 is 1. The number of fused-ring (bicyclic) bond motifs is 1. The van der Waals surface area contributed by atoms with Gasteiger partial charge in [-0.05, 0) is 31.8 Å². The first kappa shape index (κ1) is 22.2. The van der Waals surface area contributed by atoms with Crippen LogP contribution in [0.15, 0.2) is 29.1 Å². The molecule has 0 spiro atoms. The van der Waals surface area contributed by atoms with Gasteiger partial charge in [-0.1, -0.05) is 12.1 Å². The lowest BCUT2D eigenvalue weighted by molar-refractivity contribution is 0.0792. The maximum absolute atomic E-state index is 13.0. The fraction of sp³-hybridized carbons (Fsp3) is 0.400. The minimum atomic E-state index is -0.768. The van der Waals surface area contributed by atoms with Crippen molar-refractivity contribution in [2.45, 2.75) is 19.1 Å². The Hall–Kier alpha value is -3.47. The van der Waals surface area contributed by atoms with Crippen molar-refractivity contribution in [2.24, 2.45) is 0 Å². The SMILES string of the molecule is COC(=O)N1CCn2c(nc(C(=O)NCc3ccc(F)cc3)c(O)c2=O)C1CN(C)C. The van der Waals surface area contributed by atoms with Gasteiger partial charge in [0.25, 0.3) is 11.5 Å². The molecule has 166 valence electrons. The van der Waals surface area contributed by atoms with Crippen LogP contribution in [0.1, 0.15) is 27.9 Å². The Labute approximate surface area is 177 Å². The van der Waals surface area contributed by atoms with Crippen molar-refractivity contribution in [1.82, 2.24) is 24.7 Å². The molecule has 1 aliphatic heterocycles. The second-order valence-electron chi connectivity index (χ2n) is 7.37. The highest BCUT2D eigenvalue weighted by Gasteiger charge is 2.36. The summed E-state index contributed by atoms with van der Waals surface area (Å²) in [6.07, 6.45) is -0.581. The molecule has 10 nitrogen and oxygen atoms in total. The van der Waals surface area contributed by atoms with Crippen molar-refractivity contribution in [2.75, 3.05) is 34.3 Å². The quantitative estimate of drug-likeness (QED) is 0.713. The number of rotatable bonds is 5. The highest BCUT2D eigenvalue weighted by Crippen LogP contribution is 2.26. The lowest BCUT2D eigenvalue weighted by atomic mass is 10.1. The predicted molar refractivity (Wildman–Crippen MR) is 108 cm³/mol. The summed E-state index contributed by atoms with van der Waals surface area (Å²) >= 11 is 0. The average molecular weight is 433 g/mol. The van der Waals surface area contributed by atoms with Crippen molar-refractivity contribution in [3.05, 3.63) is 57.5 Å². The zero-order valence-electron chi connectivity index (χ0n) is 17.5. The van der Waals surface area contributed by atoms with E-state index in [9.17, 15) is 23.9 Å². The number of nitrogens with zero attached hydrogens (tertiary/aromatic N) is 4. The Bertz CT molecular complexity index is 1040. The maximum Gasteiger partial charge on any atom is 0.410 e. The number of hydrogen-bond donors (Lipinski definition) is 2. The molecular weight excluding hydrogens is 409 g/mol. The number of ether oxygens (including phenoxy) is 1. The van der Waals surface area contributed by atoms with Gasteiger partial charge in [0.1, 0.15) is 17.7 Å². The fourth-order valence-corrected chi connectivity index (χ4v) is 3.42. The fourth-order valence-electron chi connectivity index (χ4n) is 3.42. The molecule has 1 aromatic heterocycles. The van der Waals surface area contributed by atoms with Crippen molar-refractivity contribution in [3.8, 4) is 5.75 Å². The first-order valence-electron chi connectivity index (χ1n) is 9.58. The summed E-state index contributed by atoms with van der Waals surface area (Å²) in [6.45, 7) is 0.664. The van der Waals surface area contributed by atoms with Crippen molar-refractivity contribution in [3.63, 3.8) is 0 Å². The molecule has 0 radical (unpaired) electrons. The van der Waals surface area contributed by atoms with Crippen molar-refractivity contribution < 1.29 is 23.8 Å². The summed E-state index contributed by atoms with van der Waals surface area (Å²) in [5, 5.41) is 12.9. The van der Waals surface area contributed by atoms with E-state index in [4.69, 9.17) is 4.74 Å². The molecule has 3 rings (SSSR count). The van der Waals surface area contributed by atoms with Gasteiger partial charge >= 0.3 is 6.09 Å². The Balaban J connectivity index is 1.95. The Morgan fingerprint density at radius 2 is 1.97 bits per heavy atom. The Morgan fingerprint density at radius 1 is 1.29 bits per heavy atom. The van der Waals surface area contributed by atoms with Crippen LogP contribution in [0.2, 0.25) is 0 Å². The molecule has 2 N–H and O–H groups in total. The molecule has 31 heavy (non-hydrogen) atoms. The van der Waals surface area contributed by atoms with Gasteiger partial charge in [0.05, 0.1) is 7.11 Å². The minimum Gasteiger partial charge on any atom is -0.501 e. The number of nitrogens with one attached hydrogen (secondary N) is 1. The zero-order valence-corrected chi connectivity index (χ0v) is 17.5. The van der Waals surface area contributed by atoms with Gasteiger partial charge in [-0.2, -0.15) is 0 Å². The van der Waals surface area contributed by atoms with Gasteiger partial charge < -0.3 is 20.1 Å². The standard InChI is InChI=1S/C20H24FN5O5/c1-24(2)11-14-17-23-15(18(28)22-10-12-4-6-13(21)7-5-12)16(27)19(29)26(17)9-8-25(14)20(30)31-3/h4-7,14,27H,8-11H2,1-3H3,(H,22,28). The number of amides is 2. The number of halogens is 1. The third-order valence-corrected chi connectivity index (χ3v) is 4.94. The summed E-state index contributed by atoms with van der Waals surface area (Å²) in [5.41, 5.74) is -0.565. The van der Waals surface area contributed by atoms with Crippen LogP contribution in [-0.4, -0.2) is 70.8 Å². The first-order valence-corrected chi connectivity index (χ1v) is 9.58. The number of benzene rings is 1. The minimum absolute atomic E-state index is 0.0497. The molecule has 0 bridgehead atoms. The number of carbonyl (C=O) groups excluding carboxylic acids is 2. The third-order valence-electron chi connectivity index (χ3n) is 4.94. The van der Waals surface area contributed by atoms with E-state index in [2.05, 4.69) is 10.3 Å².